The van der Waals surface area contributed by atoms with Gasteiger partial charge in [0.05, 0.1) is 6.61 Å². The topological polar surface area (TPSA) is 41.9 Å². The standard InChI is InChI=1S/C16H21FN2O2.C2H6/c1-13(9-10-20)18-16(19(2)3)8-5-11-21-15-7-4-6-14(17)12-15;1-2/h4,6-7,9-10,12H,5,8,11H2,1-3H3;1-2H3/b13-9-,18-16?;. The number of rotatable bonds is 7. The first-order valence-corrected chi connectivity index (χ1v) is 7.78. The van der Waals surface area contributed by atoms with Crippen LogP contribution in [-0.2, 0) is 4.79 Å². The van der Waals surface area contributed by atoms with E-state index in [0.717, 1.165) is 18.5 Å². The van der Waals surface area contributed by atoms with Gasteiger partial charge in [0.15, 0.2) is 0 Å². The molecule has 0 aromatic heterocycles. The maximum atomic E-state index is 13.0. The minimum atomic E-state index is -0.308. The minimum Gasteiger partial charge on any atom is -0.493 e. The van der Waals surface area contributed by atoms with E-state index in [0.29, 0.717) is 24.5 Å². The third-order valence-electron chi connectivity index (χ3n) is 2.74. The molecular formula is C18H27FN2O2. The highest BCUT2D eigenvalue weighted by atomic mass is 19.1. The Balaban J connectivity index is 0.00000232. The molecule has 0 aliphatic rings. The average molecular weight is 322 g/mol. The highest BCUT2D eigenvalue weighted by Crippen LogP contribution is 2.12. The molecule has 0 radical (unpaired) electrons. The number of aldehydes is 1. The molecule has 0 fully saturated rings. The molecule has 1 rings (SSSR count). The zero-order valence-electron chi connectivity index (χ0n) is 14.7. The minimum absolute atomic E-state index is 0.308. The van der Waals surface area contributed by atoms with Gasteiger partial charge in [0.1, 0.15) is 23.7 Å². The van der Waals surface area contributed by atoms with E-state index in [9.17, 15) is 9.18 Å². The molecule has 0 heterocycles. The molecule has 4 nitrogen and oxygen atoms in total. The van der Waals surface area contributed by atoms with Gasteiger partial charge >= 0.3 is 0 Å². The first-order chi connectivity index (χ1) is 11.0. The van der Waals surface area contributed by atoms with Crippen LogP contribution in [0.5, 0.6) is 5.75 Å². The van der Waals surface area contributed by atoms with Crippen LogP contribution in [0, 0.1) is 5.82 Å². The third kappa shape index (κ3) is 9.45. The van der Waals surface area contributed by atoms with E-state index >= 15 is 0 Å². The maximum absolute atomic E-state index is 13.0. The molecule has 0 bridgehead atoms. The fraction of sp³-hybridized carbons (Fsp3) is 0.444. The highest BCUT2D eigenvalue weighted by Gasteiger charge is 2.03. The largest absolute Gasteiger partial charge is 0.493 e. The van der Waals surface area contributed by atoms with Crippen molar-refractivity contribution < 1.29 is 13.9 Å². The Kier molecular flexibility index (Phi) is 11.2. The number of nitrogens with zero attached hydrogens (tertiary/aromatic N) is 2. The summed E-state index contributed by atoms with van der Waals surface area (Å²) in [6.45, 7) is 6.26. The summed E-state index contributed by atoms with van der Waals surface area (Å²) in [5.41, 5.74) is 0.666. The Bertz CT molecular complexity index is 526. The lowest BCUT2D eigenvalue weighted by Crippen LogP contribution is -2.22. The number of benzene rings is 1. The second-order valence-electron chi connectivity index (χ2n) is 4.78. The van der Waals surface area contributed by atoms with Gasteiger partial charge in [0, 0.05) is 32.3 Å². The van der Waals surface area contributed by atoms with Crippen LogP contribution >= 0.6 is 0 Å². The number of hydrogen-bond acceptors (Lipinski definition) is 3. The van der Waals surface area contributed by atoms with Crippen molar-refractivity contribution in [3.8, 4) is 5.75 Å². The Labute approximate surface area is 138 Å². The van der Waals surface area contributed by atoms with Crippen LogP contribution in [0.25, 0.3) is 0 Å². The Morgan fingerprint density at radius 2 is 2.04 bits per heavy atom. The first kappa shape index (κ1) is 20.8. The molecule has 0 saturated heterocycles. The normalized spacial score (nSPS) is 11.4. The molecule has 1 aromatic carbocycles. The van der Waals surface area contributed by atoms with Crippen molar-refractivity contribution in [2.24, 2.45) is 4.99 Å². The molecule has 0 aliphatic carbocycles. The van der Waals surface area contributed by atoms with Crippen LogP contribution in [0.4, 0.5) is 4.39 Å². The molecule has 0 amide bonds. The number of carbonyl (C=O) groups is 1. The summed E-state index contributed by atoms with van der Waals surface area (Å²) in [6, 6.07) is 6.08. The second kappa shape index (κ2) is 12.4. The lowest BCUT2D eigenvalue weighted by molar-refractivity contribution is -0.104. The fourth-order valence-corrected chi connectivity index (χ4v) is 1.70. The average Bonchev–Trinajstić information content (AvgIpc) is 2.52. The molecule has 5 heteroatoms. The van der Waals surface area contributed by atoms with E-state index in [-0.39, 0.29) is 5.82 Å². The van der Waals surface area contributed by atoms with E-state index in [1.54, 1.807) is 19.1 Å². The molecule has 1 aromatic rings. The molecule has 0 aliphatic heterocycles. The van der Waals surface area contributed by atoms with Crippen molar-refractivity contribution in [2.45, 2.75) is 33.6 Å². The SMILES string of the molecule is C/C(=C/C=O)N=C(CCCOc1cccc(F)c1)N(C)C.CC. The molecule has 0 spiro atoms. The van der Waals surface area contributed by atoms with Gasteiger partial charge in [-0.2, -0.15) is 0 Å². The van der Waals surface area contributed by atoms with Crippen LogP contribution in [-0.4, -0.2) is 37.7 Å². The predicted octanol–water partition coefficient (Wildman–Crippen LogP) is 4.07. The monoisotopic (exact) mass is 322 g/mol. The van der Waals surface area contributed by atoms with Crippen molar-refractivity contribution >= 4 is 12.1 Å². The van der Waals surface area contributed by atoms with Crippen molar-refractivity contribution in [1.82, 2.24) is 4.90 Å². The lowest BCUT2D eigenvalue weighted by Gasteiger charge is -2.16. The molecule has 0 unspecified atom stereocenters. The first-order valence-electron chi connectivity index (χ1n) is 7.78. The maximum Gasteiger partial charge on any atom is 0.144 e. The zero-order valence-corrected chi connectivity index (χ0v) is 14.7. The van der Waals surface area contributed by atoms with Crippen molar-refractivity contribution in [2.75, 3.05) is 20.7 Å². The fourth-order valence-electron chi connectivity index (χ4n) is 1.70. The van der Waals surface area contributed by atoms with Gasteiger partial charge in [-0.15, -0.1) is 0 Å². The number of ether oxygens (including phenoxy) is 1. The van der Waals surface area contributed by atoms with Crippen LogP contribution in [0.2, 0.25) is 0 Å². The summed E-state index contributed by atoms with van der Waals surface area (Å²) in [7, 11) is 3.81. The van der Waals surface area contributed by atoms with Gasteiger partial charge in [0.2, 0.25) is 0 Å². The summed E-state index contributed by atoms with van der Waals surface area (Å²) in [6.07, 6.45) is 3.61. The van der Waals surface area contributed by atoms with Crippen LogP contribution < -0.4 is 4.74 Å². The highest BCUT2D eigenvalue weighted by molar-refractivity contribution is 5.83. The number of amidine groups is 1. The van der Waals surface area contributed by atoms with Gasteiger partial charge in [-0.05, 0) is 31.6 Å². The smallest absolute Gasteiger partial charge is 0.144 e. The van der Waals surface area contributed by atoms with Crippen molar-refractivity contribution in [1.29, 1.82) is 0 Å². The van der Waals surface area contributed by atoms with Gasteiger partial charge < -0.3 is 9.64 Å². The van der Waals surface area contributed by atoms with Gasteiger partial charge in [-0.1, -0.05) is 19.9 Å². The number of hydrogen-bond donors (Lipinski definition) is 0. The molecule has 0 saturated carbocycles. The summed E-state index contributed by atoms with van der Waals surface area (Å²) in [5, 5.41) is 0. The predicted molar refractivity (Wildman–Crippen MR) is 93.4 cm³/mol. The van der Waals surface area contributed by atoms with E-state index in [1.807, 2.05) is 32.8 Å². The van der Waals surface area contributed by atoms with Gasteiger partial charge in [0.25, 0.3) is 0 Å². The molecule has 0 atom stereocenters. The third-order valence-corrected chi connectivity index (χ3v) is 2.74. The van der Waals surface area contributed by atoms with Crippen molar-refractivity contribution in [3.05, 3.63) is 41.9 Å². The zero-order chi connectivity index (χ0) is 17.7. The number of carbonyl (C=O) groups excluding carboxylic acids is 1. The van der Waals surface area contributed by atoms with Crippen LogP contribution in [0.1, 0.15) is 33.6 Å². The summed E-state index contributed by atoms with van der Waals surface area (Å²) in [5.74, 6) is 1.08. The number of aliphatic imine (C=N–C) groups is 1. The summed E-state index contributed by atoms with van der Waals surface area (Å²) < 4.78 is 18.5. The van der Waals surface area contributed by atoms with Gasteiger partial charge in [-0.3, -0.25) is 4.79 Å². The Morgan fingerprint density at radius 1 is 1.35 bits per heavy atom. The number of halogens is 1. The quantitative estimate of drug-likeness (QED) is 0.250. The van der Waals surface area contributed by atoms with E-state index in [4.69, 9.17) is 4.74 Å². The second-order valence-corrected chi connectivity index (χ2v) is 4.78. The van der Waals surface area contributed by atoms with Crippen LogP contribution in [0.3, 0.4) is 0 Å². The molecular weight excluding hydrogens is 295 g/mol. The van der Waals surface area contributed by atoms with Crippen molar-refractivity contribution in [3.63, 3.8) is 0 Å². The Hall–Kier alpha value is -2.17. The van der Waals surface area contributed by atoms with E-state index in [1.165, 1.54) is 18.2 Å². The van der Waals surface area contributed by atoms with Gasteiger partial charge in [-0.25, -0.2) is 9.38 Å². The summed E-state index contributed by atoms with van der Waals surface area (Å²) >= 11 is 0. The molecule has 23 heavy (non-hydrogen) atoms. The lowest BCUT2D eigenvalue weighted by atomic mass is 10.2. The number of allylic oxidation sites excluding steroid dienone is 2. The van der Waals surface area contributed by atoms with Crippen LogP contribution in [0.15, 0.2) is 41.0 Å². The summed E-state index contributed by atoms with van der Waals surface area (Å²) in [4.78, 5) is 16.7. The molecule has 0 N–H and O–H groups in total. The Morgan fingerprint density at radius 3 is 2.61 bits per heavy atom. The molecule has 128 valence electrons. The van der Waals surface area contributed by atoms with E-state index in [2.05, 4.69) is 4.99 Å². The van der Waals surface area contributed by atoms with E-state index < -0.39 is 0 Å².